The molecule has 3 rings (SSSR count). The summed E-state index contributed by atoms with van der Waals surface area (Å²) < 4.78 is 6.94. The number of benzene rings is 1. The molecule has 19 heavy (non-hydrogen) atoms. The number of hydrogen-bond donors (Lipinski definition) is 1. The highest BCUT2D eigenvalue weighted by Crippen LogP contribution is 2.18. The molecule has 0 spiro atoms. The summed E-state index contributed by atoms with van der Waals surface area (Å²) in [5.41, 5.74) is 0.833. The molecule has 0 radical (unpaired) electrons. The van der Waals surface area contributed by atoms with Gasteiger partial charge in [-0.05, 0) is 47.5 Å². The first-order valence-electron chi connectivity index (χ1n) is 6.07. The van der Waals surface area contributed by atoms with Crippen molar-refractivity contribution in [3.63, 3.8) is 0 Å². The second kappa shape index (κ2) is 5.05. The van der Waals surface area contributed by atoms with E-state index in [-0.39, 0.29) is 12.5 Å². The summed E-state index contributed by atoms with van der Waals surface area (Å²) in [6.45, 7) is 0.0424. The summed E-state index contributed by atoms with van der Waals surface area (Å²) in [6, 6.07) is 7.57. The van der Waals surface area contributed by atoms with Crippen molar-refractivity contribution in [1.82, 2.24) is 25.5 Å². The van der Waals surface area contributed by atoms with Crippen molar-refractivity contribution in [3.8, 4) is 11.4 Å². The number of tetrazole rings is 1. The minimum Gasteiger partial charge on any atom is -0.484 e. The van der Waals surface area contributed by atoms with Crippen molar-refractivity contribution in [2.45, 2.75) is 18.9 Å². The van der Waals surface area contributed by atoms with E-state index in [1.165, 1.54) is 6.33 Å². The van der Waals surface area contributed by atoms with Crippen LogP contribution in [0.25, 0.3) is 5.69 Å². The van der Waals surface area contributed by atoms with E-state index in [0.717, 1.165) is 18.5 Å². The zero-order valence-corrected chi connectivity index (χ0v) is 10.2. The molecule has 0 bridgehead atoms. The quantitative estimate of drug-likeness (QED) is 0.836. The number of aromatic nitrogens is 4. The monoisotopic (exact) mass is 259 g/mol. The van der Waals surface area contributed by atoms with Crippen LogP contribution in [0.4, 0.5) is 0 Å². The molecule has 7 heteroatoms. The van der Waals surface area contributed by atoms with Crippen LogP contribution in [0.3, 0.4) is 0 Å². The Morgan fingerprint density at radius 1 is 1.37 bits per heavy atom. The van der Waals surface area contributed by atoms with E-state index in [0.29, 0.717) is 11.8 Å². The summed E-state index contributed by atoms with van der Waals surface area (Å²) in [5, 5.41) is 13.8. The van der Waals surface area contributed by atoms with Gasteiger partial charge in [-0.15, -0.1) is 5.10 Å². The number of nitrogens with one attached hydrogen (secondary N) is 1. The van der Waals surface area contributed by atoms with Crippen LogP contribution in [0.2, 0.25) is 0 Å². The Hall–Kier alpha value is -2.44. The van der Waals surface area contributed by atoms with Gasteiger partial charge in [0.05, 0.1) is 5.69 Å². The lowest BCUT2D eigenvalue weighted by Crippen LogP contribution is -2.30. The number of ether oxygens (including phenoxy) is 1. The van der Waals surface area contributed by atoms with Gasteiger partial charge >= 0.3 is 0 Å². The molecule has 1 aromatic heterocycles. The molecule has 98 valence electrons. The summed E-state index contributed by atoms with van der Waals surface area (Å²) in [5.74, 6) is 0.565. The molecule has 1 fully saturated rings. The lowest BCUT2D eigenvalue weighted by Gasteiger charge is -2.07. The molecule has 1 aromatic carbocycles. The van der Waals surface area contributed by atoms with Crippen LogP contribution in [-0.4, -0.2) is 38.8 Å². The number of amides is 1. The zero-order valence-electron chi connectivity index (χ0n) is 10.2. The predicted octanol–water partition coefficient (Wildman–Crippen LogP) is 0.320. The molecule has 0 unspecified atom stereocenters. The van der Waals surface area contributed by atoms with E-state index in [1.807, 2.05) is 12.1 Å². The van der Waals surface area contributed by atoms with E-state index in [2.05, 4.69) is 20.8 Å². The van der Waals surface area contributed by atoms with Crippen molar-refractivity contribution in [2.75, 3.05) is 6.61 Å². The van der Waals surface area contributed by atoms with Gasteiger partial charge in [-0.25, -0.2) is 4.68 Å². The van der Waals surface area contributed by atoms with Crippen molar-refractivity contribution in [3.05, 3.63) is 30.6 Å². The largest absolute Gasteiger partial charge is 0.484 e. The average molecular weight is 259 g/mol. The molecule has 0 atom stereocenters. The average Bonchev–Trinajstić information content (AvgIpc) is 3.07. The van der Waals surface area contributed by atoms with Gasteiger partial charge in [-0.3, -0.25) is 4.79 Å². The van der Waals surface area contributed by atoms with E-state index < -0.39 is 0 Å². The third-order valence-corrected chi connectivity index (χ3v) is 2.76. The molecule has 1 saturated carbocycles. The molecule has 7 nitrogen and oxygen atoms in total. The lowest BCUT2D eigenvalue weighted by atomic mass is 10.3. The Morgan fingerprint density at radius 3 is 2.79 bits per heavy atom. The van der Waals surface area contributed by atoms with Crippen LogP contribution in [0.1, 0.15) is 12.8 Å². The minimum atomic E-state index is -0.0768. The fourth-order valence-corrected chi connectivity index (χ4v) is 1.62. The number of nitrogens with zero attached hydrogens (tertiary/aromatic N) is 4. The number of rotatable bonds is 5. The molecule has 0 saturated heterocycles. The smallest absolute Gasteiger partial charge is 0.258 e. The van der Waals surface area contributed by atoms with Gasteiger partial charge in [0, 0.05) is 6.04 Å². The van der Waals surface area contributed by atoms with Gasteiger partial charge in [0.2, 0.25) is 0 Å². The standard InChI is InChI=1S/C12H13N5O2/c18-12(14-9-1-2-9)7-19-11-5-3-10(4-6-11)17-8-13-15-16-17/h3-6,8-9H,1-2,7H2,(H,14,18). The molecular formula is C12H13N5O2. The summed E-state index contributed by atoms with van der Waals surface area (Å²) in [7, 11) is 0. The molecular weight excluding hydrogens is 246 g/mol. The molecule has 2 aromatic rings. The first kappa shape index (κ1) is 11.6. The van der Waals surface area contributed by atoms with Gasteiger partial charge in [0.25, 0.3) is 5.91 Å². The van der Waals surface area contributed by atoms with Crippen molar-refractivity contribution in [2.24, 2.45) is 0 Å². The van der Waals surface area contributed by atoms with Crippen LogP contribution in [0.15, 0.2) is 30.6 Å². The van der Waals surface area contributed by atoms with Crippen LogP contribution in [0, 0.1) is 0 Å². The number of carbonyl (C=O) groups is 1. The maximum absolute atomic E-state index is 11.5. The normalized spacial score (nSPS) is 14.1. The molecule has 1 aliphatic carbocycles. The van der Waals surface area contributed by atoms with Crippen LogP contribution < -0.4 is 10.1 Å². The van der Waals surface area contributed by atoms with Gasteiger partial charge < -0.3 is 10.1 Å². The van der Waals surface area contributed by atoms with Gasteiger partial charge in [-0.2, -0.15) is 0 Å². The van der Waals surface area contributed by atoms with E-state index in [9.17, 15) is 4.79 Å². The fraction of sp³-hybridized carbons (Fsp3) is 0.333. The Bertz CT molecular complexity index is 548. The van der Waals surface area contributed by atoms with E-state index in [4.69, 9.17) is 4.74 Å². The van der Waals surface area contributed by atoms with Crippen molar-refractivity contribution < 1.29 is 9.53 Å². The second-order valence-electron chi connectivity index (χ2n) is 4.38. The summed E-state index contributed by atoms with van der Waals surface area (Å²) in [6.07, 6.45) is 3.66. The predicted molar refractivity (Wildman–Crippen MR) is 65.8 cm³/mol. The lowest BCUT2D eigenvalue weighted by molar-refractivity contribution is -0.123. The first-order valence-corrected chi connectivity index (χ1v) is 6.07. The summed E-state index contributed by atoms with van der Waals surface area (Å²) >= 11 is 0. The molecule has 1 N–H and O–H groups in total. The zero-order chi connectivity index (χ0) is 13.1. The van der Waals surface area contributed by atoms with Gasteiger partial charge in [-0.1, -0.05) is 0 Å². The maximum atomic E-state index is 11.5. The highest BCUT2D eigenvalue weighted by molar-refractivity contribution is 5.78. The van der Waals surface area contributed by atoms with Crippen LogP contribution >= 0.6 is 0 Å². The molecule has 0 aliphatic heterocycles. The van der Waals surface area contributed by atoms with Crippen LogP contribution in [-0.2, 0) is 4.79 Å². The Morgan fingerprint density at radius 2 is 2.16 bits per heavy atom. The number of carbonyl (C=O) groups excluding carboxylic acids is 1. The molecule has 1 heterocycles. The second-order valence-corrected chi connectivity index (χ2v) is 4.38. The Labute approximate surface area is 109 Å². The van der Waals surface area contributed by atoms with Gasteiger partial charge in [0.1, 0.15) is 12.1 Å². The van der Waals surface area contributed by atoms with Crippen molar-refractivity contribution in [1.29, 1.82) is 0 Å². The van der Waals surface area contributed by atoms with Gasteiger partial charge in [0.15, 0.2) is 6.61 Å². The minimum absolute atomic E-state index is 0.0424. The number of hydrogen-bond acceptors (Lipinski definition) is 5. The first-order chi connectivity index (χ1) is 9.31. The van der Waals surface area contributed by atoms with E-state index >= 15 is 0 Å². The molecule has 1 aliphatic rings. The SMILES string of the molecule is O=C(COc1ccc(-n2cnnn2)cc1)NC1CC1. The van der Waals surface area contributed by atoms with E-state index in [1.54, 1.807) is 16.8 Å². The van der Waals surface area contributed by atoms with Crippen LogP contribution in [0.5, 0.6) is 5.75 Å². The highest BCUT2D eigenvalue weighted by Gasteiger charge is 2.23. The Balaban J connectivity index is 1.55. The fourth-order valence-electron chi connectivity index (χ4n) is 1.62. The topological polar surface area (TPSA) is 81.9 Å². The molecule has 1 amide bonds. The third-order valence-electron chi connectivity index (χ3n) is 2.76. The van der Waals surface area contributed by atoms with Crippen molar-refractivity contribution >= 4 is 5.91 Å². The Kier molecular flexibility index (Phi) is 3.09. The maximum Gasteiger partial charge on any atom is 0.258 e. The third kappa shape index (κ3) is 3.06. The highest BCUT2D eigenvalue weighted by atomic mass is 16.5. The summed E-state index contributed by atoms with van der Waals surface area (Å²) in [4.78, 5) is 11.5.